The summed E-state index contributed by atoms with van der Waals surface area (Å²) in [6, 6.07) is 1.78. The molecule has 0 saturated heterocycles. The Bertz CT molecular complexity index is 329. The summed E-state index contributed by atoms with van der Waals surface area (Å²) in [6.45, 7) is 7.09. The van der Waals surface area contributed by atoms with Crippen molar-refractivity contribution in [3.05, 3.63) is 35.7 Å². The number of carbonyl (C=O) groups excluding carboxylic acids is 1. The minimum atomic E-state index is -0.00582. The first-order valence-corrected chi connectivity index (χ1v) is 3.75. The van der Waals surface area contributed by atoms with Crippen LogP contribution in [0.3, 0.4) is 0 Å². The van der Waals surface area contributed by atoms with E-state index < -0.39 is 0 Å². The van der Waals surface area contributed by atoms with E-state index >= 15 is 0 Å². The second-order valence-electron chi connectivity index (χ2n) is 2.69. The monoisotopic (exact) mass is 161 g/mol. The molecule has 2 nitrogen and oxygen atoms in total. The Morgan fingerprint density at radius 2 is 2.33 bits per heavy atom. The molecule has 1 rings (SSSR count). The number of hydrogen-bond donors (Lipinski definition) is 0. The molecule has 0 aliphatic carbocycles. The van der Waals surface area contributed by atoms with E-state index in [2.05, 4.69) is 11.6 Å². The molecule has 12 heavy (non-hydrogen) atoms. The Morgan fingerprint density at radius 3 is 2.75 bits per heavy atom. The Hall–Kier alpha value is -1.44. The van der Waals surface area contributed by atoms with Gasteiger partial charge in [0.05, 0.1) is 0 Å². The van der Waals surface area contributed by atoms with E-state index in [-0.39, 0.29) is 5.78 Å². The van der Waals surface area contributed by atoms with Gasteiger partial charge in [-0.15, -0.1) is 0 Å². The summed E-state index contributed by atoms with van der Waals surface area (Å²) in [5.74, 6) is -0.00582. The van der Waals surface area contributed by atoms with Crippen LogP contribution in [0.2, 0.25) is 0 Å². The predicted molar refractivity (Wildman–Crippen MR) is 49.1 cm³/mol. The van der Waals surface area contributed by atoms with Crippen LogP contribution in [-0.2, 0) is 0 Å². The van der Waals surface area contributed by atoms with Crippen LogP contribution in [0.25, 0.3) is 6.08 Å². The largest absolute Gasteiger partial charge is 0.293 e. The van der Waals surface area contributed by atoms with Gasteiger partial charge in [0, 0.05) is 13.1 Å². The van der Waals surface area contributed by atoms with Crippen LogP contribution in [0.1, 0.15) is 28.5 Å². The molecule has 0 radical (unpaired) electrons. The summed E-state index contributed by atoms with van der Waals surface area (Å²) in [6.07, 6.45) is 3.39. The fourth-order valence-corrected chi connectivity index (χ4v) is 0.973. The lowest BCUT2D eigenvalue weighted by atomic mass is 10.1. The van der Waals surface area contributed by atoms with E-state index in [4.69, 9.17) is 0 Å². The van der Waals surface area contributed by atoms with Crippen molar-refractivity contribution >= 4 is 11.9 Å². The maximum atomic E-state index is 10.9. The van der Waals surface area contributed by atoms with E-state index in [1.54, 1.807) is 18.3 Å². The molecular formula is C10H11NO. The van der Waals surface area contributed by atoms with Gasteiger partial charge in [-0.1, -0.05) is 12.7 Å². The van der Waals surface area contributed by atoms with Gasteiger partial charge in [0.25, 0.3) is 0 Å². The van der Waals surface area contributed by atoms with Crippen molar-refractivity contribution in [2.24, 2.45) is 0 Å². The second-order valence-corrected chi connectivity index (χ2v) is 2.69. The van der Waals surface area contributed by atoms with Gasteiger partial charge in [0.2, 0.25) is 0 Å². The highest BCUT2D eigenvalue weighted by Crippen LogP contribution is 2.09. The number of hydrogen-bond acceptors (Lipinski definition) is 2. The van der Waals surface area contributed by atoms with Crippen molar-refractivity contribution in [1.29, 1.82) is 0 Å². The molecule has 0 bridgehead atoms. The van der Waals surface area contributed by atoms with E-state index in [1.165, 1.54) is 6.92 Å². The van der Waals surface area contributed by atoms with Crippen LogP contribution in [0.5, 0.6) is 0 Å². The molecule has 0 atom stereocenters. The van der Waals surface area contributed by atoms with E-state index in [9.17, 15) is 4.79 Å². The van der Waals surface area contributed by atoms with Crippen LogP contribution in [0.15, 0.2) is 18.8 Å². The number of carbonyl (C=O) groups is 1. The molecule has 1 aromatic rings. The molecule has 0 aromatic carbocycles. The van der Waals surface area contributed by atoms with Crippen LogP contribution >= 0.6 is 0 Å². The third-order valence-corrected chi connectivity index (χ3v) is 1.73. The normalized spacial score (nSPS) is 9.50. The molecule has 0 unspecified atom stereocenters. The van der Waals surface area contributed by atoms with Crippen molar-refractivity contribution in [1.82, 2.24) is 4.98 Å². The van der Waals surface area contributed by atoms with Crippen molar-refractivity contribution in [3.63, 3.8) is 0 Å². The first-order valence-electron chi connectivity index (χ1n) is 3.75. The number of nitrogens with zero attached hydrogens (tertiary/aromatic N) is 1. The quantitative estimate of drug-likeness (QED) is 0.622. The van der Waals surface area contributed by atoms with Gasteiger partial charge in [-0.25, -0.2) is 0 Å². The molecule has 1 aromatic heterocycles. The summed E-state index contributed by atoms with van der Waals surface area (Å²) in [5.41, 5.74) is 2.52. The summed E-state index contributed by atoms with van der Waals surface area (Å²) < 4.78 is 0. The van der Waals surface area contributed by atoms with Crippen molar-refractivity contribution in [2.75, 3.05) is 0 Å². The Labute approximate surface area is 71.9 Å². The van der Waals surface area contributed by atoms with E-state index in [1.807, 2.05) is 6.92 Å². The number of rotatable bonds is 2. The van der Waals surface area contributed by atoms with Crippen molar-refractivity contribution in [3.8, 4) is 0 Å². The van der Waals surface area contributed by atoms with Gasteiger partial charge in [-0.05, 0) is 24.1 Å². The molecule has 0 aliphatic rings. The maximum Gasteiger partial charge on any atom is 0.178 e. The Kier molecular flexibility index (Phi) is 2.38. The van der Waals surface area contributed by atoms with Crippen molar-refractivity contribution in [2.45, 2.75) is 13.8 Å². The molecular weight excluding hydrogens is 150 g/mol. The van der Waals surface area contributed by atoms with Crippen molar-refractivity contribution < 1.29 is 4.79 Å². The number of aryl methyl sites for hydroxylation is 1. The van der Waals surface area contributed by atoms with Crippen LogP contribution in [0, 0.1) is 6.92 Å². The van der Waals surface area contributed by atoms with E-state index in [0.29, 0.717) is 5.69 Å². The third-order valence-electron chi connectivity index (χ3n) is 1.73. The minimum Gasteiger partial charge on any atom is -0.293 e. The molecule has 0 fully saturated rings. The van der Waals surface area contributed by atoms with Gasteiger partial charge >= 0.3 is 0 Å². The smallest absolute Gasteiger partial charge is 0.178 e. The molecule has 0 amide bonds. The highest BCUT2D eigenvalue weighted by atomic mass is 16.1. The zero-order valence-corrected chi connectivity index (χ0v) is 7.29. The predicted octanol–water partition coefficient (Wildman–Crippen LogP) is 2.24. The minimum absolute atomic E-state index is 0.00582. The SMILES string of the molecule is C=Cc1cnc(C(C)=O)cc1C. The molecule has 0 aliphatic heterocycles. The molecule has 0 spiro atoms. The highest BCUT2D eigenvalue weighted by Gasteiger charge is 2.02. The molecule has 0 saturated carbocycles. The molecule has 0 N–H and O–H groups in total. The lowest BCUT2D eigenvalue weighted by Crippen LogP contribution is -1.97. The Balaban J connectivity index is 3.18. The van der Waals surface area contributed by atoms with Crippen LogP contribution in [0.4, 0.5) is 0 Å². The summed E-state index contributed by atoms with van der Waals surface area (Å²) >= 11 is 0. The first kappa shape index (κ1) is 8.65. The van der Waals surface area contributed by atoms with Gasteiger partial charge < -0.3 is 0 Å². The summed E-state index contributed by atoms with van der Waals surface area (Å²) in [5, 5.41) is 0. The molecule has 1 heterocycles. The van der Waals surface area contributed by atoms with Crippen LogP contribution < -0.4 is 0 Å². The number of aromatic nitrogens is 1. The lowest BCUT2D eigenvalue weighted by molar-refractivity contribution is 0.101. The van der Waals surface area contributed by atoms with Crippen LogP contribution in [-0.4, -0.2) is 10.8 Å². The fraction of sp³-hybridized carbons (Fsp3) is 0.200. The van der Waals surface area contributed by atoms with Gasteiger partial charge in [-0.3, -0.25) is 9.78 Å². The average Bonchev–Trinajstić information content (AvgIpc) is 2.04. The Morgan fingerprint density at radius 1 is 1.67 bits per heavy atom. The number of Topliss-reactive ketones (excluding diaryl/α,β-unsaturated/α-hetero) is 1. The molecule has 62 valence electrons. The first-order chi connectivity index (χ1) is 5.65. The highest BCUT2D eigenvalue weighted by molar-refractivity contribution is 5.92. The number of pyridine rings is 1. The maximum absolute atomic E-state index is 10.9. The standard InChI is InChI=1S/C10H11NO/c1-4-9-6-11-10(8(3)12)5-7(9)2/h4-6H,1H2,2-3H3. The zero-order chi connectivity index (χ0) is 9.14. The van der Waals surface area contributed by atoms with E-state index in [0.717, 1.165) is 11.1 Å². The van der Waals surface area contributed by atoms with Gasteiger partial charge in [0.15, 0.2) is 5.78 Å². The van der Waals surface area contributed by atoms with Gasteiger partial charge in [-0.2, -0.15) is 0 Å². The summed E-state index contributed by atoms with van der Waals surface area (Å²) in [4.78, 5) is 14.9. The molecule has 2 heteroatoms. The topological polar surface area (TPSA) is 30.0 Å². The second kappa shape index (κ2) is 3.30. The zero-order valence-electron chi connectivity index (χ0n) is 7.29. The third kappa shape index (κ3) is 1.59. The average molecular weight is 161 g/mol. The van der Waals surface area contributed by atoms with Gasteiger partial charge in [0.1, 0.15) is 5.69 Å². The lowest BCUT2D eigenvalue weighted by Gasteiger charge is -2.00. The summed E-state index contributed by atoms with van der Waals surface area (Å²) in [7, 11) is 0. The number of ketones is 1. The fourth-order valence-electron chi connectivity index (χ4n) is 0.973.